The Hall–Kier alpha value is -2.29. The fraction of sp³-hybridized carbons (Fsp3) is 0.500. The highest BCUT2D eigenvalue weighted by atomic mass is 16.1. The van der Waals surface area contributed by atoms with Gasteiger partial charge in [-0.3, -0.25) is 9.59 Å². The van der Waals surface area contributed by atoms with Gasteiger partial charge in [-0.15, -0.1) is 0 Å². The summed E-state index contributed by atoms with van der Waals surface area (Å²) in [7, 11) is 0. The summed E-state index contributed by atoms with van der Waals surface area (Å²) in [5, 5.41) is 0. The molecule has 0 unspecified atom stereocenters. The summed E-state index contributed by atoms with van der Waals surface area (Å²) in [5.41, 5.74) is 5.15. The van der Waals surface area contributed by atoms with Crippen molar-refractivity contribution < 1.29 is 14.4 Å². The Morgan fingerprint density at radius 1 is 0.655 bits per heavy atom. The SMILES string of the molecule is CC(=O)/C=C/C=C(\C)CCC=C(C)C.CC(C)=CCCC(C)=CC=O.CC(C)=O. The summed E-state index contributed by atoms with van der Waals surface area (Å²) in [5.74, 6) is 0.262. The van der Waals surface area contributed by atoms with Gasteiger partial charge in [0.25, 0.3) is 0 Å². The normalized spacial score (nSPS) is 10.8. The van der Waals surface area contributed by atoms with Crippen LogP contribution in [0.4, 0.5) is 0 Å². The Labute approximate surface area is 179 Å². The Bertz CT molecular complexity index is 614. The second-order valence-corrected chi connectivity index (χ2v) is 7.68. The third-order valence-corrected chi connectivity index (χ3v) is 3.25. The van der Waals surface area contributed by atoms with E-state index >= 15 is 0 Å². The first-order chi connectivity index (χ1) is 13.4. The molecule has 0 aromatic carbocycles. The Kier molecular flexibility index (Phi) is 23.8. The number of rotatable bonds is 9. The first kappa shape index (κ1) is 31.4. The number of ketones is 2. The van der Waals surface area contributed by atoms with Crippen LogP contribution < -0.4 is 0 Å². The number of aldehydes is 1. The molecule has 0 amide bonds. The number of carbonyl (C=O) groups is 3. The van der Waals surface area contributed by atoms with Crippen molar-refractivity contribution in [1.82, 2.24) is 0 Å². The first-order valence-corrected chi connectivity index (χ1v) is 10.1. The topological polar surface area (TPSA) is 51.2 Å². The zero-order valence-corrected chi connectivity index (χ0v) is 20.1. The van der Waals surface area contributed by atoms with Crippen LogP contribution in [0.25, 0.3) is 0 Å². The molecule has 0 saturated heterocycles. The Balaban J connectivity index is -0.000000401. The van der Waals surface area contributed by atoms with Crippen LogP contribution in [0.3, 0.4) is 0 Å². The molecule has 29 heavy (non-hydrogen) atoms. The van der Waals surface area contributed by atoms with Gasteiger partial charge in [0.1, 0.15) is 12.1 Å². The molecule has 0 aromatic rings. The van der Waals surface area contributed by atoms with E-state index in [1.807, 2.05) is 19.1 Å². The van der Waals surface area contributed by atoms with Crippen LogP contribution in [-0.4, -0.2) is 17.9 Å². The number of hydrogen-bond donors (Lipinski definition) is 0. The van der Waals surface area contributed by atoms with Crippen molar-refractivity contribution in [2.24, 2.45) is 0 Å². The van der Waals surface area contributed by atoms with Crippen LogP contribution in [0, 0.1) is 0 Å². The second kappa shape index (κ2) is 22.0. The lowest BCUT2D eigenvalue weighted by Gasteiger charge is -1.96. The van der Waals surface area contributed by atoms with Crippen LogP contribution in [0.5, 0.6) is 0 Å². The smallest absolute Gasteiger partial charge is 0.152 e. The monoisotopic (exact) mass is 402 g/mol. The number of allylic oxidation sites excluding steroid dienone is 10. The average molecular weight is 403 g/mol. The third kappa shape index (κ3) is 41.3. The molecule has 0 fully saturated rings. The molecule has 0 spiro atoms. The quantitative estimate of drug-likeness (QED) is 0.176. The molecule has 0 aliphatic carbocycles. The van der Waals surface area contributed by atoms with Gasteiger partial charge in [-0.05, 0) is 100 Å². The van der Waals surface area contributed by atoms with Crippen molar-refractivity contribution in [2.45, 2.75) is 88.0 Å². The molecule has 164 valence electrons. The van der Waals surface area contributed by atoms with Crippen molar-refractivity contribution in [2.75, 3.05) is 0 Å². The highest BCUT2D eigenvalue weighted by molar-refractivity contribution is 5.87. The van der Waals surface area contributed by atoms with Gasteiger partial charge in [0.2, 0.25) is 0 Å². The van der Waals surface area contributed by atoms with E-state index in [4.69, 9.17) is 0 Å². The van der Waals surface area contributed by atoms with E-state index in [1.165, 1.54) is 30.6 Å². The predicted octanol–water partition coefficient (Wildman–Crippen LogP) is 7.30. The first-order valence-electron chi connectivity index (χ1n) is 10.1. The average Bonchev–Trinajstić information content (AvgIpc) is 2.54. The second-order valence-electron chi connectivity index (χ2n) is 7.68. The minimum atomic E-state index is 0.0957. The van der Waals surface area contributed by atoms with E-state index in [-0.39, 0.29) is 11.6 Å². The van der Waals surface area contributed by atoms with E-state index in [0.717, 1.165) is 37.5 Å². The molecule has 0 radical (unpaired) electrons. The fourth-order valence-electron chi connectivity index (χ4n) is 1.81. The molecule has 0 aromatic heterocycles. The molecule has 0 aliphatic heterocycles. The molecule has 0 saturated carbocycles. The maximum absolute atomic E-state index is 10.6. The molecule has 0 bridgehead atoms. The fourth-order valence-corrected chi connectivity index (χ4v) is 1.81. The van der Waals surface area contributed by atoms with Crippen LogP contribution in [0.1, 0.15) is 88.0 Å². The Morgan fingerprint density at radius 2 is 1.03 bits per heavy atom. The Morgan fingerprint density at radius 3 is 1.34 bits per heavy atom. The zero-order chi connectivity index (χ0) is 23.2. The number of carbonyl (C=O) groups excluding carboxylic acids is 3. The summed E-state index contributed by atoms with van der Waals surface area (Å²) in [6, 6.07) is 0. The van der Waals surface area contributed by atoms with Crippen LogP contribution in [0.2, 0.25) is 0 Å². The molecular weight excluding hydrogens is 360 g/mol. The predicted molar refractivity (Wildman–Crippen MR) is 127 cm³/mol. The summed E-state index contributed by atoms with van der Waals surface area (Å²) in [4.78, 5) is 30.1. The zero-order valence-electron chi connectivity index (χ0n) is 20.1. The molecule has 3 heteroatoms. The number of hydrogen-bond acceptors (Lipinski definition) is 3. The largest absolute Gasteiger partial charge is 0.300 e. The standard InChI is InChI=1S/C13H20O.C10H16O.C3H6O/c1-11(2)7-5-8-12(3)9-6-10-13(4)14;1-9(2)5-4-6-10(3)7-8-11;1-3(2)4/h6-7,9-10H,5,8H2,1-4H3;5,7-8H,4,6H2,1-3H3;1-2H3/b10-6+,12-9+;;. The van der Waals surface area contributed by atoms with E-state index in [1.54, 1.807) is 19.1 Å². The lowest BCUT2D eigenvalue weighted by molar-refractivity contribution is -0.115. The van der Waals surface area contributed by atoms with Crippen molar-refractivity contribution in [3.05, 3.63) is 58.7 Å². The van der Waals surface area contributed by atoms with Gasteiger partial charge in [-0.2, -0.15) is 0 Å². The summed E-state index contributed by atoms with van der Waals surface area (Å²) < 4.78 is 0. The van der Waals surface area contributed by atoms with Crippen molar-refractivity contribution in [3.63, 3.8) is 0 Å². The molecular formula is C26H42O3. The number of Topliss-reactive ketones (excluding diaryl/α,β-unsaturated/α-hetero) is 1. The van der Waals surface area contributed by atoms with Crippen molar-refractivity contribution in [3.8, 4) is 0 Å². The molecule has 0 heterocycles. The van der Waals surface area contributed by atoms with Gasteiger partial charge in [-0.1, -0.05) is 46.6 Å². The van der Waals surface area contributed by atoms with E-state index in [9.17, 15) is 14.4 Å². The van der Waals surface area contributed by atoms with E-state index in [2.05, 4.69) is 46.8 Å². The molecule has 0 rings (SSSR count). The van der Waals surface area contributed by atoms with Crippen LogP contribution in [0.15, 0.2) is 58.7 Å². The highest BCUT2D eigenvalue weighted by Crippen LogP contribution is 2.06. The summed E-state index contributed by atoms with van der Waals surface area (Å²) >= 11 is 0. The van der Waals surface area contributed by atoms with Gasteiger partial charge in [0.15, 0.2) is 5.78 Å². The molecule has 0 N–H and O–H groups in total. The maximum atomic E-state index is 10.6. The van der Waals surface area contributed by atoms with E-state index in [0.29, 0.717) is 0 Å². The molecule has 0 aliphatic rings. The van der Waals surface area contributed by atoms with Crippen molar-refractivity contribution in [1.29, 1.82) is 0 Å². The maximum Gasteiger partial charge on any atom is 0.152 e. The van der Waals surface area contributed by atoms with Crippen molar-refractivity contribution >= 4 is 17.9 Å². The van der Waals surface area contributed by atoms with Crippen LogP contribution in [-0.2, 0) is 14.4 Å². The van der Waals surface area contributed by atoms with Gasteiger partial charge in [0.05, 0.1) is 0 Å². The van der Waals surface area contributed by atoms with Gasteiger partial charge >= 0.3 is 0 Å². The van der Waals surface area contributed by atoms with Gasteiger partial charge in [-0.25, -0.2) is 0 Å². The molecule has 0 atom stereocenters. The van der Waals surface area contributed by atoms with Gasteiger partial charge < -0.3 is 4.79 Å². The summed E-state index contributed by atoms with van der Waals surface area (Å²) in [6.45, 7) is 17.1. The lowest BCUT2D eigenvalue weighted by atomic mass is 10.1. The van der Waals surface area contributed by atoms with Crippen LogP contribution >= 0.6 is 0 Å². The molecule has 3 nitrogen and oxygen atoms in total. The minimum Gasteiger partial charge on any atom is -0.300 e. The highest BCUT2D eigenvalue weighted by Gasteiger charge is 1.87. The summed E-state index contributed by atoms with van der Waals surface area (Å²) in [6.07, 6.45) is 16.5. The lowest BCUT2D eigenvalue weighted by Crippen LogP contribution is -1.79. The van der Waals surface area contributed by atoms with E-state index < -0.39 is 0 Å². The third-order valence-electron chi connectivity index (χ3n) is 3.25. The van der Waals surface area contributed by atoms with Gasteiger partial charge in [0, 0.05) is 0 Å². The minimum absolute atomic E-state index is 0.0957.